The third-order valence-corrected chi connectivity index (χ3v) is 6.39. The number of nitrogens with zero attached hydrogens (tertiary/aromatic N) is 3. The highest BCUT2D eigenvalue weighted by Gasteiger charge is 2.26. The molecule has 5 nitrogen and oxygen atoms in total. The van der Waals surface area contributed by atoms with Crippen LogP contribution in [0.3, 0.4) is 0 Å². The first-order valence-electron chi connectivity index (χ1n) is 9.85. The van der Waals surface area contributed by atoms with Crippen molar-refractivity contribution in [3.05, 3.63) is 59.7 Å². The van der Waals surface area contributed by atoms with Crippen molar-refractivity contribution in [1.29, 1.82) is 0 Å². The lowest BCUT2D eigenvalue weighted by atomic mass is 10.1. The molecule has 2 heterocycles. The Labute approximate surface area is 175 Å². The van der Waals surface area contributed by atoms with Gasteiger partial charge >= 0.3 is 0 Å². The number of hydrogen-bond acceptors (Lipinski definition) is 5. The minimum atomic E-state index is -0.136. The Kier molecular flexibility index (Phi) is 5.65. The topological polar surface area (TPSA) is 48.5 Å². The van der Waals surface area contributed by atoms with E-state index in [0.29, 0.717) is 6.04 Å². The van der Waals surface area contributed by atoms with Gasteiger partial charge in [-0.15, -0.1) is 0 Å². The van der Waals surface area contributed by atoms with Gasteiger partial charge in [-0.2, -0.15) is 0 Å². The molecule has 1 aromatic heterocycles. The fourth-order valence-corrected chi connectivity index (χ4v) is 4.54. The average molecular weight is 407 g/mol. The molecule has 1 amide bonds. The summed E-state index contributed by atoms with van der Waals surface area (Å²) in [5.74, 6) is -0.136. The quantitative estimate of drug-likeness (QED) is 0.638. The molecule has 0 saturated carbocycles. The monoisotopic (exact) mass is 406 g/mol. The van der Waals surface area contributed by atoms with E-state index in [1.54, 1.807) is 17.4 Å². The number of likely N-dealkylation sites (N-methyl/N-ethyl adjacent to an activating group) is 1. The predicted octanol–water partition coefficient (Wildman–Crippen LogP) is 4.40. The second kappa shape index (κ2) is 8.35. The van der Waals surface area contributed by atoms with Gasteiger partial charge in [-0.25, -0.2) is 4.98 Å². The number of nitrogens with one attached hydrogen (secondary N) is 1. The van der Waals surface area contributed by atoms with E-state index in [9.17, 15) is 4.79 Å². The van der Waals surface area contributed by atoms with Gasteiger partial charge in [0.1, 0.15) is 0 Å². The van der Waals surface area contributed by atoms with Gasteiger partial charge in [0.25, 0.3) is 0 Å². The molecule has 1 aliphatic heterocycles. The summed E-state index contributed by atoms with van der Waals surface area (Å²) in [6, 6.07) is 14.6. The third-order valence-electron chi connectivity index (χ3n) is 5.31. The highest BCUT2D eigenvalue weighted by Crippen LogP contribution is 2.33. The highest BCUT2D eigenvalue weighted by atomic mass is 32.1. The van der Waals surface area contributed by atoms with Gasteiger partial charge < -0.3 is 15.1 Å². The first-order valence-corrected chi connectivity index (χ1v) is 10.7. The summed E-state index contributed by atoms with van der Waals surface area (Å²) in [6.07, 6.45) is 4.56. The van der Waals surface area contributed by atoms with Crippen LogP contribution in [-0.4, -0.2) is 49.0 Å². The number of aryl methyl sites for hydroxylation is 1. The van der Waals surface area contributed by atoms with Crippen LogP contribution in [-0.2, 0) is 4.79 Å². The molecular formula is C23H26N4OS. The molecule has 4 rings (SSSR count). The van der Waals surface area contributed by atoms with Crippen LogP contribution in [0, 0.1) is 6.92 Å². The van der Waals surface area contributed by atoms with Crippen molar-refractivity contribution < 1.29 is 4.79 Å². The van der Waals surface area contributed by atoms with E-state index in [2.05, 4.69) is 29.2 Å². The van der Waals surface area contributed by atoms with Gasteiger partial charge in [-0.3, -0.25) is 4.79 Å². The molecule has 150 valence electrons. The number of fused-ring (bicyclic) bond motifs is 1. The van der Waals surface area contributed by atoms with Crippen molar-refractivity contribution in [2.45, 2.75) is 19.4 Å². The predicted molar refractivity (Wildman–Crippen MR) is 123 cm³/mol. The molecule has 29 heavy (non-hydrogen) atoms. The number of carbonyl (C=O) groups is 1. The standard InChI is InChI=1S/C23H26N4OS/c1-16-4-6-17(7-5-16)8-11-22(28)24-18-9-10-20-21(14-18)29-23(25-20)27-13-12-19(15-27)26(2)3/h4-11,14,19H,12-13,15H2,1-3H3,(H,24,28)/t19-/m1/s1. The van der Waals surface area contributed by atoms with Crippen LogP contribution in [0.1, 0.15) is 17.5 Å². The molecule has 6 heteroatoms. The van der Waals surface area contributed by atoms with Gasteiger partial charge in [-0.05, 0) is 57.3 Å². The highest BCUT2D eigenvalue weighted by molar-refractivity contribution is 7.22. The first kappa shape index (κ1) is 19.6. The number of thiazole rings is 1. The molecular weight excluding hydrogens is 380 g/mol. The van der Waals surface area contributed by atoms with Crippen molar-refractivity contribution >= 4 is 44.4 Å². The Morgan fingerprint density at radius 1 is 1.24 bits per heavy atom. The van der Waals surface area contributed by atoms with Gasteiger partial charge in [0.05, 0.1) is 10.2 Å². The molecule has 1 N–H and O–H groups in total. The molecule has 1 atom stereocenters. The largest absolute Gasteiger partial charge is 0.346 e. The van der Waals surface area contributed by atoms with Crippen LogP contribution < -0.4 is 10.2 Å². The second-order valence-corrected chi connectivity index (χ2v) is 8.77. The van der Waals surface area contributed by atoms with Crippen molar-refractivity contribution in [1.82, 2.24) is 9.88 Å². The number of aromatic nitrogens is 1. The maximum absolute atomic E-state index is 12.3. The van der Waals surface area contributed by atoms with E-state index in [-0.39, 0.29) is 5.91 Å². The van der Waals surface area contributed by atoms with Crippen LogP contribution >= 0.6 is 11.3 Å². The van der Waals surface area contributed by atoms with Crippen molar-refractivity contribution in [2.24, 2.45) is 0 Å². The van der Waals surface area contributed by atoms with E-state index in [1.807, 2.05) is 55.5 Å². The van der Waals surface area contributed by atoms with Crippen LogP contribution in [0.25, 0.3) is 16.3 Å². The van der Waals surface area contributed by atoms with E-state index >= 15 is 0 Å². The second-order valence-electron chi connectivity index (χ2n) is 7.76. The fourth-order valence-electron chi connectivity index (χ4n) is 3.50. The van der Waals surface area contributed by atoms with Crippen LogP contribution in [0.15, 0.2) is 48.5 Å². The summed E-state index contributed by atoms with van der Waals surface area (Å²) >= 11 is 1.69. The lowest BCUT2D eigenvalue weighted by Crippen LogP contribution is -2.31. The number of anilines is 2. The Morgan fingerprint density at radius 3 is 2.76 bits per heavy atom. The number of hydrogen-bond donors (Lipinski definition) is 1. The zero-order valence-corrected chi connectivity index (χ0v) is 17.9. The molecule has 1 fully saturated rings. The van der Waals surface area contributed by atoms with E-state index in [0.717, 1.165) is 46.1 Å². The molecule has 2 aromatic carbocycles. The number of rotatable bonds is 5. The minimum Gasteiger partial charge on any atom is -0.346 e. The van der Waals surface area contributed by atoms with Gasteiger partial charge in [0.2, 0.25) is 5.91 Å². The van der Waals surface area contributed by atoms with Crippen LogP contribution in [0.4, 0.5) is 10.8 Å². The SMILES string of the molecule is Cc1ccc(C=CC(=O)Nc2ccc3nc(N4CC[C@@H](N(C)C)C4)sc3c2)cc1. The van der Waals surface area contributed by atoms with Gasteiger partial charge in [0, 0.05) is 30.9 Å². The van der Waals surface area contributed by atoms with Gasteiger partial charge in [-0.1, -0.05) is 41.2 Å². The molecule has 0 spiro atoms. The molecule has 1 saturated heterocycles. The molecule has 0 aliphatic carbocycles. The lowest BCUT2D eigenvalue weighted by molar-refractivity contribution is -0.111. The molecule has 3 aromatic rings. The lowest BCUT2D eigenvalue weighted by Gasteiger charge is -2.19. The number of amides is 1. The summed E-state index contributed by atoms with van der Waals surface area (Å²) in [5, 5.41) is 4.01. The number of carbonyl (C=O) groups excluding carboxylic acids is 1. The minimum absolute atomic E-state index is 0.136. The normalized spacial score (nSPS) is 17.0. The van der Waals surface area contributed by atoms with Crippen LogP contribution in [0.2, 0.25) is 0 Å². The van der Waals surface area contributed by atoms with E-state index < -0.39 is 0 Å². The molecule has 0 bridgehead atoms. The first-order chi connectivity index (χ1) is 14.0. The van der Waals surface area contributed by atoms with E-state index in [1.165, 1.54) is 5.56 Å². The zero-order valence-electron chi connectivity index (χ0n) is 17.1. The zero-order chi connectivity index (χ0) is 20.4. The van der Waals surface area contributed by atoms with Crippen molar-refractivity contribution in [3.8, 4) is 0 Å². The van der Waals surface area contributed by atoms with Crippen molar-refractivity contribution in [3.63, 3.8) is 0 Å². The van der Waals surface area contributed by atoms with Gasteiger partial charge in [0.15, 0.2) is 5.13 Å². The Bertz CT molecular complexity index is 1040. The molecule has 0 radical (unpaired) electrons. The average Bonchev–Trinajstić information content (AvgIpc) is 3.34. The maximum Gasteiger partial charge on any atom is 0.248 e. The number of benzene rings is 2. The Morgan fingerprint density at radius 2 is 2.03 bits per heavy atom. The summed E-state index contributed by atoms with van der Waals surface area (Å²) in [7, 11) is 4.27. The third kappa shape index (κ3) is 4.66. The molecule has 1 aliphatic rings. The maximum atomic E-state index is 12.3. The summed E-state index contributed by atoms with van der Waals surface area (Å²) in [6.45, 7) is 4.10. The van der Waals surface area contributed by atoms with E-state index in [4.69, 9.17) is 4.98 Å². The summed E-state index contributed by atoms with van der Waals surface area (Å²) in [5.41, 5.74) is 3.98. The Balaban J connectivity index is 1.43. The van der Waals surface area contributed by atoms with Crippen LogP contribution in [0.5, 0.6) is 0 Å². The van der Waals surface area contributed by atoms with Crippen molar-refractivity contribution in [2.75, 3.05) is 37.4 Å². The summed E-state index contributed by atoms with van der Waals surface area (Å²) < 4.78 is 1.09. The smallest absolute Gasteiger partial charge is 0.248 e. The fraction of sp³-hybridized carbons (Fsp3) is 0.304. The molecule has 0 unspecified atom stereocenters. The Hall–Kier alpha value is -2.70. The summed E-state index contributed by atoms with van der Waals surface area (Å²) in [4.78, 5) is 21.7.